The van der Waals surface area contributed by atoms with Gasteiger partial charge in [0.25, 0.3) is 5.91 Å². The topological polar surface area (TPSA) is 83.4 Å². The van der Waals surface area contributed by atoms with E-state index in [2.05, 4.69) is 22.1 Å². The van der Waals surface area contributed by atoms with E-state index < -0.39 is 5.97 Å². The van der Waals surface area contributed by atoms with E-state index in [-0.39, 0.29) is 12.3 Å². The number of nitrogens with zero attached hydrogens (tertiary/aromatic N) is 3. The first-order valence-corrected chi connectivity index (χ1v) is 9.72. The van der Waals surface area contributed by atoms with E-state index in [1.54, 1.807) is 14.1 Å². The summed E-state index contributed by atoms with van der Waals surface area (Å²) in [5.41, 5.74) is 4.08. The van der Waals surface area contributed by atoms with Gasteiger partial charge >= 0.3 is 5.97 Å². The van der Waals surface area contributed by atoms with E-state index >= 15 is 0 Å². The normalized spacial score (nSPS) is 19.2. The predicted molar refractivity (Wildman–Crippen MR) is 107 cm³/mol. The lowest BCUT2D eigenvalue weighted by Gasteiger charge is -2.28. The van der Waals surface area contributed by atoms with Crippen molar-refractivity contribution in [2.24, 2.45) is 5.92 Å². The number of amides is 1. The lowest BCUT2D eigenvalue weighted by Crippen LogP contribution is -2.23. The van der Waals surface area contributed by atoms with Gasteiger partial charge in [-0.25, -0.2) is 4.98 Å². The van der Waals surface area contributed by atoms with Crippen molar-refractivity contribution in [3.05, 3.63) is 47.4 Å². The Kier molecular flexibility index (Phi) is 6.07. The Balaban J connectivity index is 1.74. The molecule has 0 bridgehead atoms. The summed E-state index contributed by atoms with van der Waals surface area (Å²) < 4.78 is 0. The average molecular weight is 381 g/mol. The molecule has 0 atom stereocenters. The molecule has 0 aliphatic heterocycles. The summed E-state index contributed by atoms with van der Waals surface area (Å²) >= 11 is 0. The molecule has 1 aliphatic carbocycles. The smallest absolute Gasteiger partial charge is 0.303 e. The van der Waals surface area contributed by atoms with E-state index in [1.165, 1.54) is 16.7 Å². The minimum Gasteiger partial charge on any atom is -0.481 e. The molecule has 0 spiro atoms. The minimum atomic E-state index is -0.695. The fourth-order valence-corrected chi connectivity index (χ4v) is 3.91. The van der Waals surface area contributed by atoms with Crippen molar-refractivity contribution in [2.75, 3.05) is 14.1 Å². The van der Waals surface area contributed by atoms with E-state index in [0.717, 1.165) is 42.6 Å². The van der Waals surface area contributed by atoms with Crippen LogP contribution in [0.25, 0.3) is 11.3 Å². The van der Waals surface area contributed by atoms with Gasteiger partial charge in [0.05, 0.1) is 17.6 Å². The zero-order valence-electron chi connectivity index (χ0n) is 16.7. The van der Waals surface area contributed by atoms with Gasteiger partial charge in [0.1, 0.15) is 5.69 Å². The molecule has 1 N–H and O–H groups in total. The average Bonchev–Trinajstić information content (AvgIpc) is 2.68. The third kappa shape index (κ3) is 4.55. The number of aromatic nitrogens is 2. The van der Waals surface area contributed by atoms with E-state index in [1.807, 2.05) is 19.1 Å². The Morgan fingerprint density at radius 3 is 2.32 bits per heavy atom. The predicted octanol–water partition coefficient (Wildman–Crippen LogP) is 3.90. The van der Waals surface area contributed by atoms with Gasteiger partial charge in [0.15, 0.2) is 0 Å². The second-order valence-electron chi connectivity index (χ2n) is 7.83. The Hall–Kier alpha value is -2.76. The number of carboxylic acid groups (broad SMARTS) is 1. The monoisotopic (exact) mass is 381 g/mol. The SMILES string of the molecule is Cc1ncc(C(=O)N(C)C)nc1-c1ccc(C2CCC(CC(=O)O)CC2)cc1. The number of benzene rings is 1. The number of carboxylic acids is 1. The van der Waals surface area contributed by atoms with Gasteiger partial charge in [-0.05, 0) is 50.0 Å². The fraction of sp³-hybridized carbons (Fsp3) is 0.455. The molecule has 148 valence electrons. The quantitative estimate of drug-likeness (QED) is 0.849. The van der Waals surface area contributed by atoms with Crippen molar-refractivity contribution in [3.8, 4) is 11.3 Å². The number of aliphatic carboxylic acids is 1. The molecule has 3 rings (SSSR count). The third-order valence-electron chi connectivity index (χ3n) is 5.55. The molecular formula is C22H27N3O3. The summed E-state index contributed by atoms with van der Waals surface area (Å²) in [5.74, 6) is -0.0707. The van der Waals surface area contributed by atoms with Gasteiger partial charge in [-0.2, -0.15) is 0 Å². The van der Waals surface area contributed by atoms with Gasteiger partial charge in [0.2, 0.25) is 0 Å². The summed E-state index contributed by atoms with van der Waals surface area (Å²) in [4.78, 5) is 33.4. The molecule has 6 nitrogen and oxygen atoms in total. The van der Waals surface area contributed by atoms with Crippen LogP contribution < -0.4 is 0 Å². The number of aryl methyl sites for hydroxylation is 1. The van der Waals surface area contributed by atoms with Crippen LogP contribution in [0.15, 0.2) is 30.5 Å². The summed E-state index contributed by atoms with van der Waals surface area (Å²) in [7, 11) is 3.40. The molecule has 0 radical (unpaired) electrons. The Bertz CT molecular complexity index is 854. The summed E-state index contributed by atoms with van der Waals surface area (Å²) in [6, 6.07) is 8.33. The molecule has 6 heteroatoms. The maximum atomic E-state index is 12.2. The molecule has 1 saturated carbocycles. The highest BCUT2D eigenvalue weighted by atomic mass is 16.4. The van der Waals surface area contributed by atoms with Crippen molar-refractivity contribution < 1.29 is 14.7 Å². The number of hydrogen-bond donors (Lipinski definition) is 1. The summed E-state index contributed by atoms with van der Waals surface area (Å²) in [5, 5.41) is 8.96. The van der Waals surface area contributed by atoms with Gasteiger partial charge in [-0.1, -0.05) is 24.3 Å². The number of rotatable bonds is 5. The van der Waals surface area contributed by atoms with Crippen LogP contribution in [-0.2, 0) is 4.79 Å². The van der Waals surface area contributed by atoms with E-state index in [4.69, 9.17) is 5.11 Å². The highest BCUT2D eigenvalue weighted by Crippen LogP contribution is 2.37. The van der Waals surface area contributed by atoms with Crippen LogP contribution >= 0.6 is 0 Å². The zero-order chi connectivity index (χ0) is 20.3. The highest BCUT2D eigenvalue weighted by molar-refractivity contribution is 5.92. The zero-order valence-corrected chi connectivity index (χ0v) is 16.7. The largest absolute Gasteiger partial charge is 0.481 e. The molecule has 1 heterocycles. The molecule has 1 fully saturated rings. The highest BCUT2D eigenvalue weighted by Gasteiger charge is 2.24. The van der Waals surface area contributed by atoms with Crippen LogP contribution in [0.4, 0.5) is 0 Å². The molecule has 2 aromatic rings. The second kappa shape index (κ2) is 8.50. The van der Waals surface area contributed by atoms with Crippen LogP contribution in [0.1, 0.15) is 59.8 Å². The summed E-state index contributed by atoms with van der Waals surface area (Å²) in [6.45, 7) is 1.89. The lowest BCUT2D eigenvalue weighted by molar-refractivity contribution is -0.138. The van der Waals surface area contributed by atoms with Crippen molar-refractivity contribution in [2.45, 2.75) is 44.9 Å². The van der Waals surface area contributed by atoms with Crippen LogP contribution in [0.5, 0.6) is 0 Å². The number of carbonyl (C=O) groups is 2. The van der Waals surface area contributed by atoms with Crippen LogP contribution in [-0.4, -0.2) is 45.9 Å². The van der Waals surface area contributed by atoms with Crippen molar-refractivity contribution >= 4 is 11.9 Å². The first-order chi connectivity index (χ1) is 13.3. The van der Waals surface area contributed by atoms with Crippen LogP contribution in [0.2, 0.25) is 0 Å². The second-order valence-corrected chi connectivity index (χ2v) is 7.83. The van der Waals surface area contributed by atoms with Crippen molar-refractivity contribution in [1.29, 1.82) is 0 Å². The Labute approximate surface area is 165 Å². The molecule has 0 unspecified atom stereocenters. The molecule has 1 amide bonds. The number of carbonyl (C=O) groups excluding carboxylic acids is 1. The van der Waals surface area contributed by atoms with E-state index in [9.17, 15) is 9.59 Å². The molecule has 1 aromatic carbocycles. The van der Waals surface area contributed by atoms with Gasteiger partial charge in [-0.15, -0.1) is 0 Å². The first kappa shape index (κ1) is 20.0. The fourth-order valence-electron chi connectivity index (χ4n) is 3.91. The van der Waals surface area contributed by atoms with Gasteiger partial charge in [0, 0.05) is 26.1 Å². The molecule has 1 aromatic heterocycles. The molecule has 0 saturated heterocycles. The molecular weight excluding hydrogens is 354 g/mol. The maximum absolute atomic E-state index is 12.2. The standard InChI is InChI=1S/C22H27N3O3/c1-14-21(24-19(13-23-14)22(28)25(2)3)18-10-8-17(9-11-18)16-6-4-15(5-7-16)12-20(26)27/h8-11,13,15-16H,4-7,12H2,1-3H3,(H,26,27). The van der Waals surface area contributed by atoms with Gasteiger partial charge in [-0.3, -0.25) is 14.6 Å². The summed E-state index contributed by atoms with van der Waals surface area (Å²) in [6.07, 6.45) is 5.80. The minimum absolute atomic E-state index is 0.163. The van der Waals surface area contributed by atoms with Crippen LogP contribution in [0, 0.1) is 12.8 Å². The Morgan fingerprint density at radius 1 is 1.11 bits per heavy atom. The van der Waals surface area contributed by atoms with E-state index in [0.29, 0.717) is 17.5 Å². The first-order valence-electron chi connectivity index (χ1n) is 9.72. The van der Waals surface area contributed by atoms with Crippen molar-refractivity contribution in [1.82, 2.24) is 14.9 Å². The Morgan fingerprint density at radius 2 is 1.75 bits per heavy atom. The van der Waals surface area contributed by atoms with Gasteiger partial charge < -0.3 is 10.0 Å². The maximum Gasteiger partial charge on any atom is 0.303 e. The van der Waals surface area contributed by atoms with Crippen LogP contribution in [0.3, 0.4) is 0 Å². The molecule has 28 heavy (non-hydrogen) atoms. The molecule has 1 aliphatic rings. The lowest BCUT2D eigenvalue weighted by atomic mass is 9.77. The number of hydrogen-bond acceptors (Lipinski definition) is 4. The third-order valence-corrected chi connectivity index (χ3v) is 5.55. The van der Waals surface area contributed by atoms with Crippen molar-refractivity contribution in [3.63, 3.8) is 0 Å².